The number of carbonyl (C=O) groups is 1. The first kappa shape index (κ1) is 17.5. The van der Waals surface area contributed by atoms with Gasteiger partial charge in [0, 0.05) is 18.0 Å². The zero-order valence-corrected chi connectivity index (χ0v) is 14.7. The number of hydrogen-bond acceptors (Lipinski definition) is 5. The Bertz CT molecular complexity index is 764. The van der Waals surface area contributed by atoms with Gasteiger partial charge >= 0.3 is 0 Å². The van der Waals surface area contributed by atoms with E-state index in [4.69, 9.17) is 0 Å². The fraction of sp³-hybridized carbons (Fsp3) is 0.471. The number of hydrazine groups is 1. The number of rotatable bonds is 4. The Hall–Kier alpha value is -2.32. The van der Waals surface area contributed by atoms with Crippen LogP contribution in [0.15, 0.2) is 24.3 Å². The molecular weight excluding hydrogens is 323 g/mol. The molecule has 1 aliphatic heterocycles. The summed E-state index contributed by atoms with van der Waals surface area (Å²) in [6, 6.07) is 6.19. The highest BCUT2D eigenvalue weighted by Gasteiger charge is 2.32. The topological polar surface area (TPSA) is 83.9 Å². The molecule has 1 fully saturated rings. The van der Waals surface area contributed by atoms with Crippen molar-refractivity contribution in [3.63, 3.8) is 0 Å². The van der Waals surface area contributed by atoms with Gasteiger partial charge in [-0.3, -0.25) is 15.6 Å². The van der Waals surface area contributed by atoms with Crippen LogP contribution in [0.25, 0.3) is 5.69 Å². The van der Waals surface area contributed by atoms with Gasteiger partial charge < -0.3 is 5.32 Å². The highest BCUT2D eigenvalue weighted by molar-refractivity contribution is 5.90. The van der Waals surface area contributed by atoms with Crippen molar-refractivity contribution in [2.24, 2.45) is 0 Å². The van der Waals surface area contributed by atoms with Gasteiger partial charge in [-0.2, -0.15) is 0 Å². The molecule has 2 aromatic rings. The van der Waals surface area contributed by atoms with Crippen molar-refractivity contribution in [3.8, 4) is 5.69 Å². The molecule has 2 atom stereocenters. The largest absolute Gasteiger partial charge is 0.343 e. The second kappa shape index (κ2) is 6.89. The molecule has 0 radical (unpaired) electrons. The van der Waals surface area contributed by atoms with Crippen molar-refractivity contribution in [1.29, 1.82) is 0 Å². The van der Waals surface area contributed by atoms with Gasteiger partial charge in [-0.05, 0) is 32.0 Å². The molecule has 2 heterocycles. The van der Waals surface area contributed by atoms with E-state index in [0.29, 0.717) is 11.5 Å². The van der Waals surface area contributed by atoms with Crippen molar-refractivity contribution >= 4 is 5.91 Å². The van der Waals surface area contributed by atoms with E-state index in [-0.39, 0.29) is 41.6 Å². The van der Waals surface area contributed by atoms with Gasteiger partial charge in [0.2, 0.25) is 5.82 Å². The molecule has 134 valence electrons. The third-order valence-corrected chi connectivity index (χ3v) is 4.32. The summed E-state index contributed by atoms with van der Waals surface area (Å²) in [6.07, 6.45) is 0. The Morgan fingerprint density at radius 1 is 1.28 bits per heavy atom. The molecule has 25 heavy (non-hydrogen) atoms. The molecule has 1 aromatic carbocycles. The Kier molecular flexibility index (Phi) is 4.82. The summed E-state index contributed by atoms with van der Waals surface area (Å²) < 4.78 is 15.1. The van der Waals surface area contributed by atoms with E-state index in [1.165, 1.54) is 16.8 Å². The molecule has 1 amide bonds. The molecule has 3 N–H and O–H groups in total. The summed E-state index contributed by atoms with van der Waals surface area (Å²) in [5, 5.41) is 7.28. The maximum absolute atomic E-state index is 13.6. The molecule has 1 saturated heterocycles. The second-order valence-corrected chi connectivity index (χ2v) is 6.71. The summed E-state index contributed by atoms with van der Waals surface area (Å²) >= 11 is 0. The second-order valence-electron chi connectivity index (χ2n) is 6.71. The smallest absolute Gasteiger partial charge is 0.291 e. The predicted octanol–water partition coefficient (Wildman–Crippen LogP) is 1.51. The van der Waals surface area contributed by atoms with E-state index >= 15 is 0 Å². The Labute approximate surface area is 146 Å². The number of aromatic nitrogens is 3. The van der Waals surface area contributed by atoms with Crippen LogP contribution in [0.4, 0.5) is 4.39 Å². The lowest BCUT2D eigenvalue weighted by molar-refractivity contribution is 0.0921. The van der Waals surface area contributed by atoms with E-state index in [1.807, 2.05) is 27.7 Å². The van der Waals surface area contributed by atoms with E-state index < -0.39 is 0 Å². The normalized spacial score (nSPS) is 23.2. The van der Waals surface area contributed by atoms with Crippen LogP contribution in [0.1, 0.15) is 50.1 Å². The first-order valence-electron chi connectivity index (χ1n) is 8.41. The molecule has 8 heteroatoms. The highest BCUT2D eigenvalue weighted by atomic mass is 19.1. The lowest BCUT2D eigenvalue weighted by Crippen LogP contribution is -2.46. The fourth-order valence-corrected chi connectivity index (χ4v) is 2.93. The Balaban J connectivity index is 1.90. The first-order valence-corrected chi connectivity index (χ1v) is 8.41. The van der Waals surface area contributed by atoms with E-state index in [1.54, 1.807) is 12.1 Å². The average molecular weight is 346 g/mol. The minimum Gasteiger partial charge on any atom is -0.343 e. The molecule has 1 aromatic heterocycles. The third kappa shape index (κ3) is 3.54. The van der Waals surface area contributed by atoms with Crippen molar-refractivity contribution in [2.45, 2.75) is 51.7 Å². The number of nitrogens with zero attached hydrogens (tertiary/aromatic N) is 3. The zero-order valence-electron chi connectivity index (χ0n) is 14.7. The summed E-state index contributed by atoms with van der Waals surface area (Å²) in [7, 11) is 0. The van der Waals surface area contributed by atoms with Gasteiger partial charge in [0.1, 0.15) is 11.6 Å². The summed E-state index contributed by atoms with van der Waals surface area (Å²) in [5.41, 5.74) is 6.72. The van der Waals surface area contributed by atoms with Crippen molar-refractivity contribution in [1.82, 2.24) is 30.9 Å². The summed E-state index contributed by atoms with van der Waals surface area (Å²) in [4.78, 5) is 17.0. The maximum atomic E-state index is 13.6. The van der Waals surface area contributed by atoms with Crippen LogP contribution in [0.3, 0.4) is 0 Å². The zero-order chi connectivity index (χ0) is 18.1. The summed E-state index contributed by atoms with van der Waals surface area (Å²) in [6.45, 7) is 7.88. The molecule has 0 spiro atoms. The van der Waals surface area contributed by atoms with Gasteiger partial charge in [0.15, 0.2) is 0 Å². The molecule has 7 nitrogen and oxygen atoms in total. The van der Waals surface area contributed by atoms with Crippen LogP contribution in [0.2, 0.25) is 0 Å². The number of nitrogens with one attached hydrogen (secondary N) is 3. The van der Waals surface area contributed by atoms with Crippen molar-refractivity contribution in [2.75, 3.05) is 0 Å². The van der Waals surface area contributed by atoms with Crippen molar-refractivity contribution < 1.29 is 9.18 Å². The van der Waals surface area contributed by atoms with Gasteiger partial charge in [0.05, 0.1) is 11.7 Å². The third-order valence-electron chi connectivity index (χ3n) is 4.32. The van der Waals surface area contributed by atoms with Crippen LogP contribution < -0.4 is 16.2 Å². The number of amides is 1. The van der Waals surface area contributed by atoms with E-state index in [9.17, 15) is 9.18 Å². The molecule has 0 aliphatic carbocycles. The number of carbonyl (C=O) groups excluding carboxylic acids is 1. The van der Waals surface area contributed by atoms with Gasteiger partial charge in [-0.15, -0.1) is 5.10 Å². The molecular formula is C17H23FN6O. The Morgan fingerprint density at radius 2 is 1.96 bits per heavy atom. The standard InChI is InChI=1S/C17H23FN6O/c1-9(2)16-20-15(17(25)19-14-10(3)21-22-11(14)4)23-24(16)13-7-5-6-12(18)8-13/h5-11,14,21-22H,1-4H3,(H,19,25). The first-order chi connectivity index (χ1) is 11.9. The molecule has 0 saturated carbocycles. The minimum absolute atomic E-state index is 0.0324. The van der Waals surface area contributed by atoms with Gasteiger partial charge in [-0.1, -0.05) is 19.9 Å². The number of halogens is 1. The van der Waals surface area contributed by atoms with Crippen LogP contribution >= 0.6 is 0 Å². The summed E-state index contributed by atoms with van der Waals surface area (Å²) in [5.74, 6) is 0.0227. The van der Waals surface area contributed by atoms with E-state index in [2.05, 4.69) is 26.3 Å². The molecule has 1 aliphatic rings. The molecule has 0 bridgehead atoms. The molecule has 3 rings (SSSR count). The number of benzene rings is 1. The number of hydrogen-bond donors (Lipinski definition) is 3. The average Bonchev–Trinajstić information content (AvgIpc) is 3.14. The maximum Gasteiger partial charge on any atom is 0.291 e. The SMILES string of the molecule is CC(C)c1nc(C(=O)NC2C(C)NNC2C)nn1-c1cccc(F)c1. The van der Waals surface area contributed by atoms with Gasteiger partial charge in [0.25, 0.3) is 5.91 Å². The Morgan fingerprint density at radius 3 is 2.56 bits per heavy atom. The molecule has 2 unspecified atom stereocenters. The van der Waals surface area contributed by atoms with Crippen LogP contribution in [0, 0.1) is 5.82 Å². The highest BCUT2D eigenvalue weighted by Crippen LogP contribution is 2.18. The fourth-order valence-electron chi connectivity index (χ4n) is 2.93. The predicted molar refractivity (Wildman–Crippen MR) is 91.9 cm³/mol. The van der Waals surface area contributed by atoms with Crippen LogP contribution in [-0.2, 0) is 0 Å². The minimum atomic E-state index is -0.362. The van der Waals surface area contributed by atoms with Crippen molar-refractivity contribution in [3.05, 3.63) is 41.7 Å². The monoisotopic (exact) mass is 346 g/mol. The lowest BCUT2D eigenvalue weighted by atomic mass is 10.1. The van der Waals surface area contributed by atoms with Crippen LogP contribution in [-0.4, -0.2) is 38.8 Å². The van der Waals surface area contributed by atoms with Gasteiger partial charge in [-0.25, -0.2) is 14.1 Å². The van der Waals surface area contributed by atoms with Crippen LogP contribution in [0.5, 0.6) is 0 Å². The quantitative estimate of drug-likeness (QED) is 0.782. The lowest BCUT2D eigenvalue weighted by Gasteiger charge is -2.18. The van der Waals surface area contributed by atoms with E-state index in [0.717, 1.165) is 0 Å².